The lowest BCUT2D eigenvalue weighted by Crippen LogP contribution is -2.53. The summed E-state index contributed by atoms with van der Waals surface area (Å²) in [6, 6.07) is 27.3. The first kappa shape index (κ1) is 25.9. The zero-order valence-electron chi connectivity index (χ0n) is 20.4. The van der Waals surface area contributed by atoms with E-state index < -0.39 is 10.0 Å². The van der Waals surface area contributed by atoms with Gasteiger partial charge < -0.3 is 0 Å². The normalized spacial score (nSPS) is 13.7. The average Bonchev–Trinajstić information content (AvgIpc) is 2.80. The molecule has 2 atom stereocenters. The predicted octanol–water partition coefficient (Wildman–Crippen LogP) is 5.95. The molecule has 4 nitrogen and oxygen atoms in total. The minimum atomic E-state index is -3.68. The van der Waals surface area contributed by atoms with Crippen molar-refractivity contribution in [3.63, 3.8) is 0 Å². The van der Waals surface area contributed by atoms with E-state index in [1.54, 1.807) is 18.2 Å². The third-order valence-corrected chi connectivity index (χ3v) is 7.54. The van der Waals surface area contributed by atoms with Gasteiger partial charge in [0.05, 0.1) is 4.90 Å². The Morgan fingerprint density at radius 2 is 1.35 bits per heavy atom. The monoisotopic (exact) mass is 476 g/mol. The van der Waals surface area contributed by atoms with Crippen molar-refractivity contribution in [1.82, 2.24) is 9.62 Å². The number of benzene rings is 3. The fraction of sp³-hybridized carbons (Fsp3) is 0.310. The van der Waals surface area contributed by atoms with Gasteiger partial charge in [-0.25, -0.2) is 13.1 Å². The van der Waals surface area contributed by atoms with E-state index in [0.717, 1.165) is 18.7 Å². The molecule has 34 heavy (non-hydrogen) atoms. The lowest BCUT2D eigenvalue weighted by atomic mass is 9.92. The number of nitrogens with zero attached hydrogens (tertiary/aromatic N) is 1. The molecular weight excluding hydrogens is 440 g/mol. The third kappa shape index (κ3) is 7.13. The van der Waals surface area contributed by atoms with Crippen LogP contribution in [0.1, 0.15) is 37.0 Å². The van der Waals surface area contributed by atoms with Gasteiger partial charge in [0.15, 0.2) is 0 Å². The van der Waals surface area contributed by atoms with Gasteiger partial charge in [0.25, 0.3) is 0 Å². The van der Waals surface area contributed by atoms with Crippen LogP contribution in [0.25, 0.3) is 0 Å². The average molecular weight is 477 g/mol. The molecule has 0 aromatic heterocycles. The Kier molecular flexibility index (Phi) is 9.22. The highest BCUT2D eigenvalue weighted by atomic mass is 32.2. The second-order valence-corrected chi connectivity index (χ2v) is 10.9. The molecule has 0 heterocycles. The number of hydrogen-bond donors (Lipinski definition) is 1. The van der Waals surface area contributed by atoms with Crippen molar-refractivity contribution in [2.75, 3.05) is 0 Å². The number of sulfonamides is 1. The zero-order valence-corrected chi connectivity index (χ0v) is 21.2. The van der Waals surface area contributed by atoms with Crippen molar-refractivity contribution in [2.24, 2.45) is 5.92 Å². The molecule has 0 saturated carbocycles. The minimum absolute atomic E-state index is 0.0429. The Morgan fingerprint density at radius 3 is 1.79 bits per heavy atom. The summed E-state index contributed by atoms with van der Waals surface area (Å²) in [6.07, 6.45) is 2.34. The zero-order chi connectivity index (χ0) is 24.6. The van der Waals surface area contributed by atoms with E-state index in [9.17, 15) is 8.42 Å². The van der Waals surface area contributed by atoms with E-state index in [2.05, 4.69) is 54.3 Å². The molecule has 3 aromatic rings. The highest BCUT2D eigenvalue weighted by Gasteiger charge is 2.33. The molecule has 0 bridgehead atoms. The smallest absolute Gasteiger partial charge is 0.240 e. The molecule has 0 radical (unpaired) electrons. The van der Waals surface area contributed by atoms with Gasteiger partial charge in [-0.2, -0.15) is 0 Å². The number of hydrogen-bond acceptors (Lipinski definition) is 3. The highest BCUT2D eigenvalue weighted by molar-refractivity contribution is 7.89. The highest BCUT2D eigenvalue weighted by Crippen LogP contribution is 2.24. The van der Waals surface area contributed by atoms with E-state index in [4.69, 9.17) is 0 Å². The lowest BCUT2D eigenvalue weighted by Gasteiger charge is -2.40. The molecule has 0 aliphatic carbocycles. The topological polar surface area (TPSA) is 49.4 Å². The molecule has 1 N–H and O–H groups in total. The van der Waals surface area contributed by atoms with Crippen LogP contribution in [-0.2, 0) is 23.1 Å². The molecule has 0 amide bonds. The molecule has 3 aromatic carbocycles. The Labute approximate surface area is 205 Å². The van der Waals surface area contributed by atoms with Gasteiger partial charge in [-0.3, -0.25) is 4.90 Å². The van der Waals surface area contributed by atoms with E-state index in [0.29, 0.717) is 6.42 Å². The van der Waals surface area contributed by atoms with Crippen LogP contribution in [0.4, 0.5) is 0 Å². The minimum Gasteiger partial charge on any atom is -0.290 e. The van der Waals surface area contributed by atoms with Crippen molar-refractivity contribution in [2.45, 2.75) is 57.3 Å². The van der Waals surface area contributed by atoms with E-state index >= 15 is 0 Å². The largest absolute Gasteiger partial charge is 0.290 e. The van der Waals surface area contributed by atoms with Gasteiger partial charge in [-0.05, 0) is 42.5 Å². The maximum Gasteiger partial charge on any atom is 0.240 e. The van der Waals surface area contributed by atoms with Gasteiger partial charge in [-0.15, -0.1) is 6.58 Å². The SMILES string of the molecule is C=CC[C@@H](NS(=O)(=O)c1ccc(C)cc1)[C@H](C(C)C)N(Cc1ccccc1)Cc1ccccc1. The van der Waals surface area contributed by atoms with Gasteiger partial charge in [0, 0.05) is 25.2 Å². The first-order valence-electron chi connectivity index (χ1n) is 11.8. The van der Waals surface area contributed by atoms with Crippen molar-refractivity contribution in [3.8, 4) is 0 Å². The molecule has 5 heteroatoms. The van der Waals surface area contributed by atoms with Crippen LogP contribution in [0.15, 0.2) is 102 Å². The summed E-state index contributed by atoms with van der Waals surface area (Å²) >= 11 is 0. The Balaban J connectivity index is 1.96. The first-order chi connectivity index (χ1) is 16.3. The third-order valence-electron chi connectivity index (χ3n) is 6.03. The van der Waals surface area contributed by atoms with Crippen molar-refractivity contribution < 1.29 is 8.42 Å². The number of rotatable bonds is 12. The van der Waals surface area contributed by atoms with Crippen molar-refractivity contribution in [3.05, 3.63) is 114 Å². The fourth-order valence-electron chi connectivity index (χ4n) is 4.46. The van der Waals surface area contributed by atoms with Gasteiger partial charge in [0.2, 0.25) is 10.0 Å². The Hall–Kier alpha value is -2.73. The second-order valence-electron chi connectivity index (χ2n) is 9.18. The van der Waals surface area contributed by atoms with Crippen LogP contribution >= 0.6 is 0 Å². The molecule has 0 unspecified atom stereocenters. The van der Waals surface area contributed by atoms with Crippen LogP contribution in [-0.4, -0.2) is 25.4 Å². The van der Waals surface area contributed by atoms with Crippen LogP contribution < -0.4 is 4.72 Å². The van der Waals surface area contributed by atoms with E-state index in [-0.39, 0.29) is 22.9 Å². The Morgan fingerprint density at radius 1 is 0.853 bits per heavy atom. The fourth-order valence-corrected chi connectivity index (χ4v) is 5.73. The summed E-state index contributed by atoms with van der Waals surface area (Å²) < 4.78 is 29.7. The number of aryl methyl sites for hydroxylation is 1. The molecule has 0 aliphatic heterocycles. The van der Waals surface area contributed by atoms with Crippen LogP contribution in [0.3, 0.4) is 0 Å². The lowest BCUT2D eigenvalue weighted by molar-refractivity contribution is 0.109. The summed E-state index contributed by atoms with van der Waals surface area (Å²) in [5.41, 5.74) is 3.42. The summed E-state index contributed by atoms with van der Waals surface area (Å²) in [4.78, 5) is 2.67. The summed E-state index contributed by atoms with van der Waals surface area (Å²) in [5.74, 6) is 0.207. The molecular formula is C29H36N2O2S. The van der Waals surface area contributed by atoms with Crippen molar-refractivity contribution in [1.29, 1.82) is 0 Å². The summed E-state index contributed by atoms with van der Waals surface area (Å²) in [7, 11) is -3.68. The second kappa shape index (κ2) is 12.1. The maximum atomic E-state index is 13.3. The first-order valence-corrected chi connectivity index (χ1v) is 13.3. The quantitative estimate of drug-likeness (QED) is 0.329. The standard InChI is InChI=1S/C29H36N2O2S/c1-5-12-28(30-34(32,33)27-19-17-24(4)18-20-27)29(23(2)3)31(21-25-13-8-6-9-14-25)22-26-15-10-7-11-16-26/h5-11,13-20,23,28-30H,1,12,21-22H2,2-4H3/t28-,29+/m1/s1. The molecule has 3 rings (SSSR count). The molecule has 0 aliphatic rings. The summed E-state index contributed by atoms with van der Waals surface area (Å²) in [5, 5.41) is 0. The Bertz CT molecular complexity index is 1090. The molecule has 0 fully saturated rings. The van der Waals surface area contributed by atoms with Crippen LogP contribution in [0.2, 0.25) is 0 Å². The molecule has 0 saturated heterocycles. The van der Waals surface area contributed by atoms with Crippen molar-refractivity contribution >= 4 is 10.0 Å². The van der Waals surface area contributed by atoms with Gasteiger partial charge >= 0.3 is 0 Å². The maximum absolute atomic E-state index is 13.3. The number of nitrogens with one attached hydrogen (secondary N) is 1. The van der Waals surface area contributed by atoms with Crippen LogP contribution in [0.5, 0.6) is 0 Å². The van der Waals surface area contributed by atoms with Gasteiger partial charge in [0.1, 0.15) is 0 Å². The van der Waals surface area contributed by atoms with E-state index in [1.807, 2.05) is 55.5 Å². The van der Waals surface area contributed by atoms with Gasteiger partial charge in [-0.1, -0.05) is 98.3 Å². The van der Waals surface area contributed by atoms with E-state index in [1.165, 1.54) is 11.1 Å². The molecule has 0 spiro atoms. The molecule has 180 valence electrons. The predicted molar refractivity (Wildman–Crippen MR) is 141 cm³/mol. The summed E-state index contributed by atoms with van der Waals surface area (Å²) in [6.45, 7) is 11.6. The van der Waals surface area contributed by atoms with Crippen LogP contribution in [0, 0.1) is 12.8 Å².